The smallest absolute Gasteiger partial charge is 0.411 e. The number of hydrogen-bond donors (Lipinski definition) is 1. The first-order valence-electron chi connectivity index (χ1n) is 10.8. The van der Waals surface area contributed by atoms with E-state index < -0.39 is 6.09 Å². The number of carboxylic acid groups (broad SMARTS) is 1. The third-order valence-electron chi connectivity index (χ3n) is 6.24. The van der Waals surface area contributed by atoms with Gasteiger partial charge < -0.3 is 19.8 Å². The zero-order valence-electron chi connectivity index (χ0n) is 18.6. The molecule has 0 aromatic heterocycles. The number of carbonyl (C=O) groups is 3. The van der Waals surface area contributed by atoms with E-state index in [9.17, 15) is 19.5 Å². The standard InChI is InChI=1S/C24H28N4O4/c1-16-15-27(24(31)32)22-14-20(8-9-21(22)28(16)17(2)29)18-4-6-19(7-5-18)23(30)26-12-10-25(3)11-13-26/h4-9,14,16H,10-13,15H2,1-3H3,(H,31,32)/t16-/m0/s1. The summed E-state index contributed by atoms with van der Waals surface area (Å²) >= 11 is 0. The first-order chi connectivity index (χ1) is 15.3. The van der Waals surface area contributed by atoms with Crippen LogP contribution in [0.25, 0.3) is 11.1 Å². The molecule has 8 heteroatoms. The van der Waals surface area contributed by atoms with Gasteiger partial charge in [-0.2, -0.15) is 0 Å². The van der Waals surface area contributed by atoms with Gasteiger partial charge in [-0.15, -0.1) is 0 Å². The summed E-state index contributed by atoms with van der Waals surface area (Å²) in [4.78, 5) is 43.8. The molecule has 0 aliphatic carbocycles. The lowest BCUT2D eigenvalue weighted by atomic mass is 9.99. The minimum absolute atomic E-state index is 0.0261. The van der Waals surface area contributed by atoms with Crippen LogP contribution in [0, 0.1) is 0 Å². The van der Waals surface area contributed by atoms with E-state index >= 15 is 0 Å². The second kappa shape index (κ2) is 8.63. The highest BCUT2D eigenvalue weighted by Crippen LogP contribution is 2.39. The molecule has 1 saturated heterocycles. The lowest BCUT2D eigenvalue weighted by Gasteiger charge is -2.39. The molecule has 0 bridgehead atoms. The maximum atomic E-state index is 12.8. The van der Waals surface area contributed by atoms with Gasteiger partial charge in [-0.3, -0.25) is 14.5 Å². The van der Waals surface area contributed by atoms with Crippen LogP contribution in [-0.2, 0) is 4.79 Å². The number of likely N-dealkylation sites (N-methyl/N-ethyl adjacent to an activating group) is 1. The quantitative estimate of drug-likeness (QED) is 0.783. The van der Waals surface area contributed by atoms with E-state index in [4.69, 9.17) is 0 Å². The zero-order chi connectivity index (χ0) is 23.0. The summed E-state index contributed by atoms with van der Waals surface area (Å²) in [7, 11) is 2.05. The first-order valence-corrected chi connectivity index (χ1v) is 10.8. The van der Waals surface area contributed by atoms with Crippen LogP contribution in [-0.4, -0.2) is 78.6 Å². The predicted molar refractivity (Wildman–Crippen MR) is 123 cm³/mol. The monoisotopic (exact) mass is 436 g/mol. The normalized spacial score (nSPS) is 19.0. The second-order valence-electron chi connectivity index (χ2n) is 8.51. The van der Waals surface area contributed by atoms with Crippen molar-refractivity contribution in [3.05, 3.63) is 48.0 Å². The largest absolute Gasteiger partial charge is 0.465 e. The summed E-state index contributed by atoms with van der Waals surface area (Å²) in [5.41, 5.74) is 3.41. The molecule has 1 atom stereocenters. The van der Waals surface area contributed by atoms with Gasteiger partial charge in [-0.25, -0.2) is 4.79 Å². The van der Waals surface area contributed by atoms with Crippen LogP contribution >= 0.6 is 0 Å². The van der Waals surface area contributed by atoms with E-state index in [0.717, 1.165) is 37.3 Å². The maximum Gasteiger partial charge on any atom is 0.411 e. The summed E-state index contributed by atoms with van der Waals surface area (Å²) in [6.07, 6.45) is -1.05. The van der Waals surface area contributed by atoms with E-state index in [1.165, 1.54) is 11.8 Å². The Morgan fingerprint density at radius 3 is 2.12 bits per heavy atom. The molecule has 0 saturated carbocycles. The maximum absolute atomic E-state index is 12.8. The number of rotatable bonds is 2. The van der Waals surface area contributed by atoms with Crippen molar-refractivity contribution in [3.63, 3.8) is 0 Å². The van der Waals surface area contributed by atoms with Gasteiger partial charge in [0.1, 0.15) is 0 Å². The molecule has 0 spiro atoms. The molecule has 2 aliphatic rings. The average Bonchev–Trinajstić information content (AvgIpc) is 2.78. The van der Waals surface area contributed by atoms with Crippen LogP contribution in [0.4, 0.5) is 16.2 Å². The van der Waals surface area contributed by atoms with Gasteiger partial charge in [0.25, 0.3) is 5.91 Å². The number of benzene rings is 2. The zero-order valence-corrected chi connectivity index (χ0v) is 18.6. The lowest BCUT2D eigenvalue weighted by Crippen LogP contribution is -2.51. The Labute approximate surface area is 187 Å². The van der Waals surface area contributed by atoms with Gasteiger partial charge in [0, 0.05) is 45.2 Å². The van der Waals surface area contributed by atoms with Crippen molar-refractivity contribution in [3.8, 4) is 11.1 Å². The molecule has 2 aromatic rings. The van der Waals surface area contributed by atoms with E-state index in [0.29, 0.717) is 16.9 Å². The summed E-state index contributed by atoms with van der Waals surface area (Å²) in [5, 5.41) is 9.70. The molecule has 0 radical (unpaired) electrons. The third-order valence-corrected chi connectivity index (χ3v) is 6.24. The Bertz CT molecular complexity index is 1040. The van der Waals surface area contributed by atoms with Crippen LogP contribution in [0.2, 0.25) is 0 Å². The van der Waals surface area contributed by atoms with Gasteiger partial charge in [0.05, 0.1) is 17.4 Å². The number of amides is 3. The van der Waals surface area contributed by atoms with Crippen molar-refractivity contribution >= 4 is 29.3 Å². The Hall–Kier alpha value is -3.39. The van der Waals surface area contributed by atoms with E-state index in [2.05, 4.69) is 11.9 Å². The number of fused-ring (bicyclic) bond motifs is 1. The molecule has 168 valence electrons. The fourth-order valence-electron chi connectivity index (χ4n) is 4.46. The van der Waals surface area contributed by atoms with Crippen molar-refractivity contribution < 1.29 is 19.5 Å². The predicted octanol–water partition coefficient (Wildman–Crippen LogP) is 2.98. The van der Waals surface area contributed by atoms with Gasteiger partial charge in [0.2, 0.25) is 5.91 Å². The van der Waals surface area contributed by atoms with Crippen LogP contribution < -0.4 is 9.80 Å². The molecule has 1 N–H and O–H groups in total. The molecule has 2 aromatic carbocycles. The lowest BCUT2D eigenvalue weighted by molar-refractivity contribution is -0.117. The van der Waals surface area contributed by atoms with E-state index in [1.54, 1.807) is 17.0 Å². The van der Waals surface area contributed by atoms with Crippen molar-refractivity contribution in [2.75, 3.05) is 49.6 Å². The highest BCUT2D eigenvalue weighted by molar-refractivity contribution is 6.03. The third kappa shape index (κ3) is 4.05. The Balaban J connectivity index is 1.62. The highest BCUT2D eigenvalue weighted by Gasteiger charge is 2.33. The van der Waals surface area contributed by atoms with Gasteiger partial charge in [-0.1, -0.05) is 18.2 Å². The molecule has 1 fully saturated rings. The molecule has 32 heavy (non-hydrogen) atoms. The Morgan fingerprint density at radius 2 is 1.53 bits per heavy atom. The Kier molecular flexibility index (Phi) is 5.88. The van der Waals surface area contributed by atoms with Gasteiger partial charge in [0.15, 0.2) is 0 Å². The highest BCUT2D eigenvalue weighted by atomic mass is 16.4. The van der Waals surface area contributed by atoms with Crippen LogP contribution in [0.1, 0.15) is 24.2 Å². The fraction of sp³-hybridized carbons (Fsp3) is 0.375. The van der Waals surface area contributed by atoms with Crippen LogP contribution in [0.3, 0.4) is 0 Å². The molecule has 4 rings (SSSR count). The molecule has 8 nitrogen and oxygen atoms in total. The van der Waals surface area contributed by atoms with Crippen molar-refractivity contribution in [1.29, 1.82) is 0 Å². The molecule has 3 amide bonds. The SMILES string of the molecule is CC(=O)N1c2ccc(-c3ccc(C(=O)N4CCN(C)CC4)cc3)cc2N(C(=O)O)C[C@@H]1C. The summed E-state index contributed by atoms with van der Waals surface area (Å²) < 4.78 is 0. The molecule has 0 unspecified atom stereocenters. The summed E-state index contributed by atoms with van der Waals surface area (Å²) in [6.45, 7) is 6.72. The van der Waals surface area contributed by atoms with Crippen molar-refractivity contribution in [1.82, 2.24) is 9.80 Å². The van der Waals surface area contributed by atoms with Gasteiger partial charge in [-0.05, 0) is 49.4 Å². The number of piperazine rings is 1. The van der Waals surface area contributed by atoms with Crippen LogP contribution in [0.15, 0.2) is 42.5 Å². The fourth-order valence-corrected chi connectivity index (χ4v) is 4.46. The minimum Gasteiger partial charge on any atom is -0.465 e. The number of anilines is 2. The molecule has 2 aliphatic heterocycles. The summed E-state index contributed by atoms with van der Waals surface area (Å²) in [5.74, 6) is -0.0958. The first kappa shape index (κ1) is 21.8. The molecular weight excluding hydrogens is 408 g/mol. The van der Waals surface area contributed by atoms with Gasteiger partial charge >= 0.3 is 6.09 Å². The average molecular weight is 437 g/mol. The summed E-state index contributed by atoms with van der Waals surface area (Å²) in [6, 6.07) is 12.6. The number of nitrogens with zero attached hydrogens (tertiary/aromatic N) is 4. The van der Waals surface area contributed by atoms with Crippen molar-refractivity contribution in [2.24, 2.45) is 0 Å². The number of carbonyl (C=O) groups excluding carboxylic acids is 2. The number of hydrogen-bond acceptors (Lipinski definition) is 4. The van der Waals surface area contributed by atoms with Crippen LogP contribution in [0.5, 0.6) is 0 Å². The minimum atomic E-state index is -1.05. The topological polar surface area (TPSA) is 84.4 Å². The van der Waals surface area contributed by atoms with E-state index in [1.807, 2.05) is 42.2 Å². The Morgan fingerprint density at radius 1 is 0.906 bits per heavy atom. The molecule has 2 heterocycles. The van der Waals surface area contributed by atoms with E-state index in [-0.39, 0.29) is 24.4 Å². The van der Waals surface area contributed by atoms with Crippen molar-refractivity contribution in [2.45, 2.75) is 19.9 Å². The second-order valence-corrected chi connectivity index (χ2v) is 8.51. The molecular formula is C24H28N4O4.